The summed E-state index contributed by atoms with van der Waals surface area (Å²) in [6, 6.07) is 6.91. The number of rotatable bonds is 3. The molecule has 3 heteroatoms. The highest BCUT2D eigenvalue weighted by atomic mass is 32.2. The Hall–Kier alpha value is -0.830. The molecular weight excluding hydrogens is 223 g/mol. The summed E-state index contributed by atoms with van der Waals surface area (Å²) < 4.78 is 14.1. The molecule has 0 bridgehead atoms. The Bertz CT molecular complexity index is 368. The normalized spacial score (nSPS) is 22.0. The SMILES string of the molecule is CC(=O)c1ccc(C(F)C2CCSC2)cc1. The van der Waals surface area contributed by atoms with Crippen molar-refractivity contribution >= 4 is 17.5 Å². The number of Topliss-reactive ketones (excluding diaryl/α,β-unsaturated/α-hetero) is 1. The summed E-state index contributed by atoms with van der Waals surface area (Å²) in [6.07, 6.45) is 0.0799. The fourth-order valence-corrected chi connectivity index (χ4v) is 3.23. The Morgan fingerprint density at radius 1 is 1.44 bits per heavy atom. The lowest BCUT2D eigenvalue weighted by molar-refractivity contribution is 0.101. The van der Waals surface area contributed by atoms with Gasteiger partial charge in [0.2, 0.25) is 0 Å². The molecule has 1 aromatic carbocycles. The van der Waals surface area contributed by atoms with Crippen LogP contribution in [0.3, 0.4) is 0 Å². The Labute approximate surface area is 99.4 Å². The molecule has 1 fully saturated rings. The molecule has 0 amide bonds. The average Bonchev–Trinajstić information content (AvgIpc) is 2.81. The van der Waals surface area contributed by atoms with Gasteiger partial charge >= 0.3 is 0 Å². The quantitative estimate of drug-likeness (QED) is 0.748. The van der Waals surface area contributed by atoms with Gasteiger partial charge in [0, 0.05) is 11.5 Å². The van der Waals surface area contributed by atoms with Crippen LogP contribution < -0.4 is 0 Å². The lowest BCUT2D eigenvalue weighted by Gasteiger charge is -2.14. The van der Waals surface area contributed by atoms with Gasteiger partial charge in [0.1, 0.15) is 6.17 Å². The molecule has 0 aromatic heterocycles. The molecule has 0 saturated carbocycles. The minimum atomic E-state index is -0.879. The van der Waals surface area contributed by atoms with Crippen LogP contribution in [0.15, 0.2) is 24.3 Å². The molecule has 86 valence electrons. The predicted octanol–water partition coefficient (Wildman–Crippen LogP) is 3.65. The lowest BCUT2D eigenvalue weighted by Crippen LogP contribution is -2.07. The van der Waals surface area contributed by atoms with Gasteiger partial charge in [-0.05, 0) is 30.4 Å². The molecule has 1 heterocycles. The van der Waals surface area contributed by atoms with Crippen LogP contribution in [0.1, 0.15) is 35.4 Å². The molecule has 2 unspecified atom stereocenters. The number of thioether (sulfide) groups is 1. The van der Waals surface area contributed by atoms with Crippen LogP contribution in [0.2, 0.25) is 0 Å². The standard InChI is InChI=1S/C13H15FOS/c1-9(15)10-2-4-11(5-3-10)13(14)12-6-7-16-8-12/h2-5,12-13H,6-8H2,1H3. The summed E-state index contributed by atoms with van der Waals surface area (Å²) in [5.74, 6) is 2.15. The first-order chi connectivity index (χ1) is 7.68. The van der Waals surface area contributed by atoms with E-state index < -0.39 is 6.17 Å². The summed E-state index contributed by atoms with van der Waals surface area (Å²) in [7, 11) is 0. The molecule has 2 rings (SSSR count). The molecule has 1 aromatic rings. The van der Waals surface area contributed by atoms with Crippen LogP contribution >= 0.6 is 11.8 Å². The van der Waals surface area contributed by atoms with Gasteiger partial charge in [0.25, 0.3) is 0 Å². The van der Waals surface area contributed by atoms with Crippen molar-refractivity contribution in [1.29, 1.82) is 0 Å². The number of alkyl halides is 1. The summed E-state index contributed by atoms with van der Waals surface area (Å²) in [5, 5.41) is 0. The molecule has 16 heavy (non-hydrogen) atoms. The van der Waals surface area contributed by atoms with E-state index in [2.05, 4.69) is 0 Å². The zero-order chi connectivity index (χ0) is 11.5. The summed E-state index contributed by atoms with van der Waals surface area (Å²) in [5.41, 5.74) is 1.36. The monoisotopic (exact) mass is 238 g/mol. The maximum absolute atomic E-state index is 14.1. The van der Waals surface area contributed by atoms with Crippen molar-refractivity contribution in [2.24, 2.45) is 5.92 Å². The lowest BCUT2D eigenvalue weighted by atomic mass is 9.95. The van der Waals surface area contributed by atoms with Crippen LogP contribution in [0.25, 0.3) is 0 Å². The van der Waals surface area contributed by atoms with E-state index in [1.807, 2.05) is 11.8 Å². The van der Waals surface area contributed by atoms with E-state index >= 15 is 0 Å². The Balaban J connectivity index is 2.11. The molecule has 1 nitrogen and oxygen atoms in total. The Morgan fingerprint density at radius 3 is 2.62 bits per heavy atom. The van der Waals surface area contributed by atoms with E-state index in [4.69, 9.17) is 0 Å². The van der Waals surface area contributed by atoms with Crippen LogP contribution in [-0.2, 0) is 0 Å². The van der Waals surface area contributed by atoms with Crippen LogP contribution in [0, 0.1) is 5.92 Å². The second kappa shape index (κ2) is 5.00. The van der Waals surface area contributed by atoms with E-state index in [1.54, 1.807) is 24.3 Å². The zero-order valence-corrected chi connectivity index (χ0v) is 10.1. The first-order valence-electron chi connectivity index (χ1n) is 5.51. The zero-order valence-electron chi connectivity index (χ0n) is 9.28. The minimum Gasteiger partial charge on any atom is -0.295 e. The third-order valence-corrected chi connectivity index (χ3v) is 4.20. The number of benzene rings is 1. The number of carbonyl (C=O) groups excluding carboxylic acids is 1. The summed E-state index contributed by atoms with van der Waals surface area (Å²) >= 11 is 1.82. The van der Waals surface area contributed by atoms with Gasteiger partial charge in [-0.2, -0.15) is 11.8 Å². The average molecular weight is 238 g/mol. The van der Waals surface area contributed by atoms with Crippen molar-refractivity contribution < 1.29 is 9.18 Å². The van der Waals surface area contributed by atoms with Gasteiger partial charge in [0.05, 0.1) is 0 Å². The highest BCUT2D eigenvalue weighted by Crippen LogP contribution is 2.36. The predicted molar refractivity (Wildman–Crippen MR) is 65.7 cm³/mol. The number of ketones is 1. The first-order valence-corrected chi connectivity index (χ1v) is 6.66. The second-order valence-corrected chi connectivity index (χ2v) is 5.35. The molecule has 0 N–H and O–H groups in total. The minimum absolute atomic E-state index is 0.0263. The molecule has 0 radical (unpaired) electrons. The Kier molecular flexibility index (Phi) is 3.64. The number of hydrogen-bond donors (Lipinski definition) is 0. The second-order valence-electron chi connectivity index (χ2n) is 4.20. The summed E-state index contributed by atoms with van der Waals surface area (Å²) in [6.45, 7) is 1.52. The van der Waals surface area contributed by atoms with Crippen molar-refractivity contribution in [3.8, 4) is 0 Å². The van der Waals surface area contributed by atoms with Crippen molar-refractivity contribution in [3.05, 3.63) is 35.4 Å². The van der Waals surface area contributed by atoms with Crippen molar-refractivity contribution in [3.63, 3.8) is 0 Å². The van der Waals surface area contributed by atoms with Crippen molar-refractivity contribution in [2.45, 2.75) is 19.5 Å². The molecule has 1 aliphatic heterocycles. The van der Waals surface area contributed by atoms with Crippen molar-refractivity contribution in [1.82, 2.24) is 0 Å². The maximum Gasteiger partial charge on any atom is 0.159 e. The number of halogens is 1. The molecule has 0 spiro atoms. The van der Waals surface area contributed by atoms with Gasteiger partial charge < -0.3 is 0 Å². The molecule has 1 aliphatic rings. The van der Waals surface area contributed by atoms with Gasteiger partial charge in [0.15, 0.2) is 5.78 Å². The molecule has 0 aliphatic carbocycles. The van der Waals surface area contributed by atoms with E-state index in [1.165, 1.54) is 6.92 Å². The third-order valence-electron chi connectivity index (χ3n) is 3.01. The van der Waals surface area contributed by atoms with E-state index in [0.29, 0.717) is 11.1 Å². The molecule has 2 atom stereocenters. The van der Waals surface area contributed by atoms with E-state index in [-0.39, 0.29) is 11.7 Å². The fourth-order valence-electron chi connectivity index (χ4n) is 1.96. The molecule has 1 saturated heterocycles. The topological polar surface area (TPSA) is 17.1 Å². The van der Waals surface area contributed by atoms with Crippen LogP contribution in [0.4, 0.5) is 4.39 Å². The van der Waals surface area contributed by atoms with Gasteiger partial charge in [-0.25, -0.2) is 4.39 Å². The number of hydrogen-bond acceptors (Lipinski definition) is 2. The maximum atomic E-state index is 14.1. The smallest absolute Gasteiger partial charge is 0.159 e. The van der Waals surface area contributed by atoms with E-state index in [9.17, 15) is 9.18 Å². The van der Waals surface area contributed by atoms with Gasteiger partial charge in [-0.1, -0.05) is 24.3 Å². The largest absolute Gasteiger partial charge is 0.295 e. The third kappa shape index (κ3) is 2.46. The Morgan fingerprint density at radius 2 is 2.12 bits per heavy atom. The first kappa shape index (κ1) is 11.6. The highest BCUT2D eigenvalue weighted by molar-refractivity contribution is 7.99. The van der Waals surface area contributed by atoms with Gasteiger partial charge in [-0.15, -0.1) is 0 Å². The van der Waals surface area contributed by atoms with Crippen LogP contribution in [0.5, 0.6) is 0 Å². The fraction of sp³-hybridized carbons (Fsp3) is 0.462. The summed E-state index contributed by atoms with van der Waals surface area (Å²) in [4.78, 5) is 11.1. The number of carbonyl (C=O) groups is 1. The van der Waals surface area contributed by atoms with Crippen LogP contribution in [-0.4, -0.2) is 17.3 Å². The highest BCUT2D eigenvalue weighted by Gasteiger charge is 2.26. The van der Waals surface area contributed by atoms with Crippen molar-refractivity contribution in [2.75, 3.05) is 11.5 Å². The molecular formula is C13H15FOS. The van der Waals surface area contributed by atoms with E-state index in [0.717, 1.165) is 17.9 Å². The van der Waals surface area contributed by atoms with Gasteiger partial charge in [-0.3, -0.25) is 4.79 Å².